The van der Waals surface area contributed by atoms with E-state index in [0.29, 0.717) is 34.2 Å². The fourth-order valence-corrected chi connectivity index (χ4v) is 4.04. The standard InChI is InChI=1S/C29H25ClN4O2/c1-2-3-18-36-19-17-21-9-11-22(12-10-21)27-32-28-26(20-31-34(28)25-7-5-4-6-8-25)29(35)33(27)24-15-13-23(30)14-16-24/h4-17,19-20H,2-3,18H2,1H3. The number of nitrogens with zero attached hydrogens (tertiary/aromatic N) is 4. The van der Waals surface area contributed by atoms with Crippen LogP contribution in [0.2, 0.25) is 5.02 Å². The number of hydrogen-bond donors (Lipinski definition) is 0. The Bertz CT molecular complexity index is 1550. The first-order valence-corrected chi connectivity index (χ1v) is 12.2. The van der Waals surface area contributed by atoms with E-state index in [-0.39, 0.29) is 5.56 Å². The first-order valence-electron chi connectivity index (χ1n) is 11.9. The summed E-state index contributed by atoms with van der Waals surface area (Å²) in [5.74, 6) is 0.516. The smallest absolute Gasteiger partial charge is 0.269 e. The maximum atomic E-state index is 13.8. The second kappa shape index (κ2) is 10.6. The molecule has 2 heterocycles. The SMILES string of the molecule is CCCCOC=Cc1ccc(-c2nc3c(cnn3-c3ccccc3)c(=O)n2-c2ccc(Cl)cc2)cc1. The maximum Gasteiger partial charge on any atom is 0.269 e. The third kappa shape index (κ3) is 4.81. The molecule has 36 heavy (non-hydrogen) atoms. The zero-order chi connectivity index (χ0) is 24.9. The monoisotopic (exact) mass is 496 g/mol. The number of unbranched alkanes of at least 4 members (excludes halogenated alkanes) is 1. The van der Waals surface area contributed by atoms with Crippen LogP contribution in [0.5, 0.6) is 0 Å². The van der Waals surface area contributed by atoms with Gasteiger partial charge < -0.3 is 4.74 Å². The molecule has 0 saturated heterocycles. The number of halogens is 1. The van der Waals surface area contributed by atoms with Crippen molar-refractivity contribution in [1.29, 1.82) is 0 Å². The summed E-state index contributed by atoms with van der Waals surface area (Å²) in [6.07, 6.45) is 7.34. The van der Waals surface area contributed by atoms with Crippen LogP contribution >= 0.6 is 11.6 Å². The van der Waals surface area contributed by atoms with E-state index < -0.39 is 0 Å². The molecule has 0 amide bonds. The predicted octanol–water partition coefficient (Wildman–Crippen LogP) is 6.68. The van der Waals surface area contributed by atoms with Gasteiger partial charge in [0.25, 0.3) is 5.56 Å². The van der Waals surface area contributed by atoms with Gasteiger partial charge in [-0.15, -0.1) is 0 Å². The van der Waals surface area contributed by atoms with Gasteiger partial charge >= 0.3 is 0 Å². The van der Waals surface area contributed by atoms with Crippen LogP contribution < -0.4 is 5.56 Å². The highest BCUT2D eigenvalue weighted by Gasteiger charge is 2.18. The molecular formula is C29H25ClN4O2. The minimum atomic E-state index is -0.201. The van der Waals surface area contributed by atoms with E-state index in [1.165, 1.54) is 0 Å². The quantitative estimate of drug-likeness (QED) is 0.177. The van der Waals surface area contributed by atoms with Crippen LogP contribution in [0.15, 0.2) is 96.1 Å². The summed E-state index contributed by atoms with van der Waals surface area (Å²) in [5, 5.41) is 5.50. The van der Waals surface area contributed by atoms with Gasteiger partial charge in [0.1, 0.15) is 11.2 Å². The zero-order valence-electron chi connectivity index (χ0n) is 19.8. The van der Waals surface area contributed by atoms with E-state index in [1.54, 1.807) is 33.8 Å². The Labute approximate surface area is 214 Å². The van der Waals surface area contributed by atoms with Gasteiger partial charge in [0, 0.05) is 10.6 Å². The lowest BCUT2D eigenvalue weighted by atomic mass is 10.1. The molecule has 0 bridgehead atoms. The van der Waals surface area contributed by atoms with Crippen LogP contribution in [0.25, 0.3) is 39.9 Å². The van der Waals surface area contributed by atoms with Gasteiger partial charge in [-0.3, -0.25) is 9.36 Å². The Morgan fingerprint density at radius 2 is 1.69 bits per heavy atom. The number of ether oxygens (including phenoxy) is 1. The van der Waals surface area contributed by atoms with Crippen LogP contribution in [0.1, 0.15) is 25.3 Å². The van der Waals surface area contributed by atoms with Gasteiger partial charge in [-0.25, -0.2) is 9.67 Å². The molecule has 6 nitrogen and oxygen atoms in total. The summed E-state index contributed by atoms with van der Waals surface area (Å²) in [4.78, 5) is 18.7. The molecule has 0 saturated carbocycles. The van der Waals surface area contributed by atoms with Crippen molar-refractivity contribution < 1.29 is 4.74 Å². The highest BCUT2D eigenvalue weighted by atomic mass is 35.5. The second-order valence-electron chi connectivity index (χ2n) is 8.33. The van der Waals surface area contributed by atoms with E-state index in [0.717, 1.165) is 29.7 Å². The normalized spacial score (nSPS) is 11.4. The average molecular weight is 497 g/mol. The molecule has 0 spiro atoms. The molecule has 3 aromatic carbocycles. The summed E-state index contributed by atoms with van der Waals surface area (Å²) in [5.41, 5.74) is 3.60. The number of aromatic nitrogens is 4. The Hall–Kier alpha value is -4.16. The summed E-state index contributed by atoms with van der Waals surface area (Å²) in [6, 6.07) is 24.7. The fourth-order valence-electron chi connectivity index (χ4n) is 3.91. The van der Waals surface area contributed by atoms with Crippen LogP contribution in [0.4, 0.5) is 0 Å². The molecule has 5 rings (SSSR count). The molecule has 7 heteroatoms. The van der Waals surface area contributed by atoms with Gasteiger partial charge in [0.2, 0.25) is 0 Å². The molecular weight excluding hydrogens is 472 g/mol. The molecule has 0 aliphatic heterocycles. The van der Waals surface area contributed by atoms with Crippen LogP contribution in [0, 0.1) is 0 Å². The molecule has 180 valence electrons. The van der Waals surface area contributed by atoms with Crippen molar-refractivity contribution in [2.24, 2.45) is 0 Å². The topological polar surface area (TPSA) is 61.9 Å². The largest absolute Gasteiger partial charge is 0.501 e. The van der Waals surface area contributed by atoms with Crippen molar-refractivity contribution in [3.8, 4) is 22.8 Å². The van der Waals surface area contributed by atoms with Gasteiger partial charge in [-0.2, -0.15) is 5.10 Å². The highest BCUT2D eigenvalue weighted by Crippen LogP contribution is 2.25. The van der Waals surface area contributed by atoms with Crippen molar-refractivity contribution >= 4 is 28.7 Å². The van der Waals surface area contributed by atoms with Crippen molar-refractivity contribution in [3.05, 3.63) is 112 Å². The Morgan fingerprint density at radius 1 is 0.944 bits per heavy atom. The molecule has 2 aromatic heterocycles. The molecule has 0 aliphatic rings. The predicted molar refractivity (Wildman–Crippen MR) is 145 cm³/mol. The highest BCUT2D eigenvalue weighted by molar-refractivity contribution is 6.30. The van der Waals surface area contributed by atoms with Gasteiger partial charge in [-0.1, -0.05) is 67.4 Å². The maximum absolute atomic E-state index is 13.8. The van der Waals surface area contributed by atoms with Crippen LogP contribution in [-0.2, 0) is 4.74 Å². The Balaban J connectivity index is 1.63. The Kier molecular flexibility index (Phi) is 6.96. The Morgan fingerprint density at radius 3 is 2.42 bits per heavy atom. The van der Waals surface area contributed by atoms with Crippen molar-refractivity contribution in [3.63, 3.8) is 0 Å². The van der Waals surface area contributed by atoms with Crippen molar-refractivity contribution in [1.82, 2.24) is 19.3 Å². The number of hydrogen-bond acceptors (Lipinski definition) is 4. The van der Waals surface area contributed by atoms with Crippen LogP contribution in [0.3, 0.4) is 0 Å². The molecule has 0 unspecified atom stereocenters. The first kappa shape index (κ1) is 23.6. The molecule has 0 aliphatic carbocycles. The zero-order valence-corrected chi connectivity index (χ0v) is 20.6. The lowest BCUT2D eigenvalue weighted by Crippen LogP contribution is -2.22. The molecule has 0 N–H and O–H groups in total. The number of fused-ring (bicyclic) bond motifs is 1. The second-order valence-corrected chi connectivity index (χ2v) is 8.77. The molecule has 0 radical (unpaired) electrons. The minimum Gasteiger partial charge on any atom is -0.501 e. The van der Waals surface area contributed by atoms with E-state index in [1.807, 2.05) is 72.8 Å². The fraction of sp³-hybridized carbons (Fsp3) is 0.138. The lowest BCUT2D eigenvalue weighted by Gasteiger charge is -2.14. The van der Waals surface area contributed by atoms with E-state index >= 15 is 0 Å². The van der Waals surface area contributed by atoms with Gasteiger partial charge in [0.15, 0.2) is 5.65 Å². The van der Waals surface area contributed by atoms with E-state index in [2.05, 4.69) is 12.0 Å². The van der Waals surface area contributed by atoms with Crippen molar-refractivity contribution in [2.45, 2.75) is 19.8 Å². The van der Waals surface area contributed by atoms with Crippen LogP contribution in [-0.4, -0.2) is 25.9 Å². The minimum absolute atomic E-state index is 0.201. The third-order valence-electron chi connectivity index (χ3n) is 5.83. The molecule has 5 aromatic rings. The average Bonchev–Trinajstić information content (AvgIpc) is 3.35. The summed E-state index contributed by atoms with van der Waals surface area (Å²) in [7, 11) is 0. The molecule has 0 fully saturated rings. The number of rotatable bonds is 8. The van der Waals surface area contributed by atoms with Gasteiger partial charge in [0.05, 0.1) is 30.4 Å². The van der Waals surface area contributed by atoms with Gasteiger partial charge in [-0.05, 0) is 54.5 Å². The summed E-state index contributed by atoms with van der Waals surface area (Å²) < 4.78 is 8.83. The first-order chi connectivity index (χ1) is 17.7. The number of para-hydroxylation sites is 1. The van der Waals surface area contributed by atoms with Crippen molar-refractivity contribution in [2.75, 3.05) is 6.61 Å². The van der Waals surface area contributed by atoms with E-state index in [9.17, 15) is 4.79 Å². The van der Waals surface area contributed by atoms with E-state index in [4.69, 9.17) is 21.3 Å². The molecule has 0 atom stereocenters. The lowest BCUT2D eigenvalue weighted by molar-refractivity contribution is 0.246. The third-order valence-corrected chi connectivity index (χ3v) is 6.08. The summed E-state index contributed by atoms with van der Waals surface area (Å²) >= 11 is 6.12. The number of benzene rings is 3. The summed E-state index contributed by atoms with van der Waals surface area (Å²) in [6.45, 7) is 2.84.